The molecular weight excluding hydrogens is 396 g/mol. The molecule has 1 aliphatic rings. The highest BCUT2D eigenvalue weighted by molar-refractivity contribution is 7.83. The molecule has 4 rings (SSSR count). The van der Waals surface area contributed by atoms with Crippen LogP contribution < -0.4 is 4.90 Å². The molecule has 1 atom stereocenters. The van der Waals surface area contributed by atoms with Crippen molar-refractivity contribution in [3.05, 3.63) is 89.4 Å². The van der Waals surface area contributed by atoms with E-state index in [9.17, 15) is 9.00 Å². The van der Waals surface area contributed by atoms with Gasteiger partial charge in [-0.25, -0.2) is 0 Å². The van der Waals surface area contributed by atoms with Crippen molar-refractivity contribution < 1.29 is 13.4 Å². The highest BCUT2D eigenvalue weighted by Gasteiger charge is 2.24. The molecule has 1 fully saturated rings. The summed E-state index contributed by atoms with van der Waals surface area (Å²) >= 11 is 0. The molecule has 5 nitrogen and oxygen atoms in total. The largest absolute Gasteiger partial charge is 0.455 e. The van der Waals surface area contributed by atoms with Crippen LogP contribution in [-0.2, 0) is 22.3 Å². The number of carbonyl (C=O) groups excluding carboxylic acids is 1. The minimum atomic E-state index is -1.08. The summed E-state index contributed by atoms with van der Waals surface area (Å²) in [5, 5.41) is 0. The predicted molar refractivity (Wildman–Crippen MR) is 120 cm³/mol. The van der Waals surface area contributed by atoms with Crippen molar-refractivity contribution in [2.24, 2.45) is 0 Å². The lowest BCUT2D eigenvalue weighted by Gasteiger charge is -2.35. The van der Waals surface area contributed by atoms with Crippen molar-refractivity contribution in [2.45, 2.75) is 18.4 Å². The van der Waals surface area contributed by atoms with Crippen LogP contribution in [0.1, 0.15) is 27.4 Å². The third-order valence-electron chi connectivity index (χ3n) is 5.31. The SMILES string of the molecule is Cc1ccc(C[S@](=O)Cc2ccc(C(=O)N3CCN(c4ccccc4)CC3)o2)cc1. The predicted octanol–water partition coefficient (Wildman–Crippen LogP) is 4.00. The van der Waals surface area contributed by atoms with E-state index in [1.165, 1.54) is 11.3 Å². The van der Waals surface area contributed by atoms with E-state index in [0.29, 0.717) is 36.1 Å². The second-order valence-corrected chi connectivity index (χ2v) is 9.05. The van der Waals surface area contributed by atoms with Gasteiger partial charge >= 0.3 is 0 Å². The molecule has 3 aromatic rings. The summed E-state index contributed by atoms with van der Waals surface area (Å²) in [6, 6.07) is 21.7. The van der Waals surface area contributed by atoms with Gasteiger partial charge in [0.15, 0.2) is 5.76 Å². The van der Waals surface area contributed by atoms with Gasteiger partial charge in [-0.1, -0.05) is 48.0 Å². The molecular formula is C24H26N2O3S. The molecule has 0 saturated carbocycles. The van der Waals surface area contributed by atoms with E-state index >= 15 is 0 Å². The number of para-hydroxylation sites is 1. The molecule has 0 spiro atoms. The summed E-state index contributed by atoms with van der Waals surface area (Å²) in [6.07, 6.45) is 0. The number of hydrogen-bond donors (Lipinski definition) is 0. The second-order valence-electron chi connectivity index (χ2n) is 7.59. The number of carbonyl (C=O) groups is 1. The van der Waals surface area contributed by atoms with Gasteiger partial charge in [-0.3, -0.25) is 9.00 Å². The van der Waals surface area contributed by atoms with Crippen molar-refractivity contribution >= 4 is 22.4 Å². The average Bonchev–Trinajstić information content (AvgIpc) is 3.24. The van der Waals surface area contributed by atoms with Gasteiger partial charge in [0.25, 0.3) is 5.91 Å². The fraction of sp³-hybridized carbons (Fsp3) is 0.292. The number of rotatable bonds is 6. The van der Waals surface area contributed by atoms with E-state index in [2.05, 4.69) is 17.0 Å². The lowest BCUT2D eigenvalue weighted by atomic mass is 10.2. The van der Waals surface area contributed by atoms with E-state index < -0.39 is 10.8 Å². The number of furan rings is 1. The molecule has 6 heteroatoms. The molecule has 0 unspecified atom stereocenters. The lowest BCUT2D eigenvalue weighted by Crippen LogP contribution is -2.48. The zero-order valence-corrected chi connectivity index (χ0v) is 17.9. The Morgan fingerprint density at radius 1 is 0.900 bits per heavy atom. The lowest BCUT2D eigenvalue weighted by molar-refractivity contribution is 0.0713. The number of amides is 1. The van der Waals surface area contributed by atoms with Crippen molar-refractivity contribution in [1.29, 1.82) is 0 Å². The highest BCUT2D eigenvalue weighted by Crippen LogP contribution is 2.19. The number of benzene rings is 2. The van der Waals surface area contributed by atoms with Crippen LogP contribution in [0.25, 0.3) is 0 Å². The Balaban J connectivity index is 1.31. The molecule has 30 heavy (non-hydrogen) atoms. The molecule has 1 amide bonds. The van der Waals surface area contributed by atoms with E-state index in [0.717, 1.165) is 18.7 Å². The summed E-state index contributed by atoms with van der Waals surface area (Å²) in [4.78, 5) is 16.9. The van der Waals surface area contributed by atoms with E-state index in [-0.39, 0.29) is 5.91 Å². The Labute approximate surface area is 179 Å². The van der Waals surface area contributed by atoms with Crippen LogP contribution in [-0.4, -0.2) is 41.2 Å². The summed E-state index contributed by atoms with van der Waals surface area (Å²) in [7, 11) is -1.08. The Morgan fingerprint density at radius 2 is 1.60 bits per heavy atom. The maximum absolute atomic E-state index is 12.8. The Bertz CT molecular complexity index is 1010. The number of aryl methyl sites for hydroxylation is 1. The number of nitrogens with zero attached hydrogens (tertiary/aromatic N) is 2. The van der Waals surface area contributed by atoms with Crippen LogP contribution in [0.2, 0.25) is 0 Å². The van der Waals surface area contributed by atoms with Crippen LogP contribution in [0.15, 0.2) is 71.1 Å². The molecule has 0 bridgehead atoms. The fourth-order valence-electron chi connectivity index (χ4n) is 3.61. The minimum Gasteiger partial charge on any atom is -0.455 e. The van der Waals surface area contributed by atoms with Crippen molar-refractivity contribution in [3.8, 4) is 0 Å². The van der Waals surface area contributed by atoms with E-state index in [1.54, 1.807) is 12.1 Å². The van der Waals surface area contributed by atoms with Crippen LogP contribution in [0, 0.1) is 6.92 Å². The Morgan fingerprint density at radius 3 is 2.30 bits per heavy atom. The third kappa shape index (κ3) is 5.00. The maximum Gasteiger partial charge on any atom is 0.289 e. The fourth-order valence-corrected chi connectivity index (χ4v) is 4.75. The quantitative estimate of drug-likeness (QED) is 0.603. The topological polar surface area (TPSA) is 53.8 Å². The average molecular weight is 423 g/mol. The summed E-state index contributed by atoms with van der Waals surface area (Å²) in [5.74, 6) is 1.60. The number of anilines is 1. The second kappa shape index (κ2) is 9.30. The number of hydrogen-bond acceptors (Lipinski definition) is 4. The number of piperazine rings is 1. The normalized spacial score (nSPS) is 15.2. The summed E-state index contributed by atoms with van der Waals surface area (Å²) < 4.78 is 18.2. The van der Waals surface area contributed by atoms with Gasteiger partial charge in [0.05, 0.1) is 5.75 Å². The zero-order chi connectivity index (χ0) is 20.9. The highest BCUT2D eigenvalue weighted by atomic mass is 32.2. The Hall–Kier alpha value is -2.86. The zero-order valence-electron chi connectivity index (χ0n) is 17.1. The van der Waals surface area contributed by atoms with E-state index in [4.69, 9.17) is 4.42 Å². The first-order valence-corrected chi connectivity index (χ1v) is 11.7. The first-order chi connectivity index (χ1) is 14.6. The molecule has 2 heterocycles. The van der Waals surface area contributed by atoms with Gasteiger partial charge in [-0.05, 0) is 36.8 Å². The van der Waals surface area contributed by atoms with Crippen LogP contribution in [0.3, 0.4) is 0 Å². The molecule has 0 aliphatic carbocycles. The van der Waals surface area contributed by atoms with Gasteiger partial charge in [0, 0.05) is 48.4 Å². The van der Waals surface area contributed by atoms with E-state index in [1.807, 2.05) is 54.3 Å². The van der Waals surface area contributed by atoms with Gasteiger partial charge in [-0.2, -0.15) is 0 Å². The van der Waals surface area contributed by atoms with Gasteiger partial charge in [-0.15, -0.1) is 0 Å². The minimum absolute atomic E-state index is 0.0988. The third-order valence-corrected chi connectivity index (χ3v) is 6.57. The summed E-state index contributed by atoms with van der Waals surface area (Å²) in [6.45, 7) is 4.93. The monoisotopic (exact) mass is 422 g/mol. The summed E-state index contributed by atoms with van der Waals surface area (Å²) in [5.41, 5.74) is 3.40. The van der Waals surface area contributed by atoms with Gasteiger partial charge < -0.3 is 14.2 Å². The first-order valence-electron chi connectivity index (χ1n) is 10.2. The van der Waals surface area contributed by atoms with Crippen LogP contribution in [0.5, 0.6) is 0 Å². The molecule has 1 aliphatic heterocycles. The standard InChI is InChI=1S/C24H26N2O3S/c1-19-7-9-20(10-8-19)17-30(28)18-22-11-12-23(29-22)24(27)26-15-13-25(14-16-26)21-5-3-2-4-6-21/h2-12H,13-18H2,1H3/t30-/m0/s1. The van der Waals surface area contributed by atoms with Gasteiger partial charge in [0.1, 0.15) is 5.76 Å². The van der Waals surface area contributed by atoms with Crippen LogP contribution in [0.4, 0.5) is 5.69 Å². The molecule has 1 aromatic heterocycles. The van der Waals surface area contributed by atoms with Gasteiger partial charge in [0.2, 0.25) is 0 Å². The van der Waals surface area contributed by atoms with Crippen molar-refractivity contribution in [2.75, 3.05) is 31.1 Å². The molecule has 0 N–H and O–H groups in total. The maximum atomic E-state index is 12.8. The smallest absolute Gasteiger partial charge is 0.289 e. The molecule has 2 aromatic carbocycles. The molecule has 0 radical (unpaired) electrons. The van der Waals surface area contributed by atoms with Crippen molar-refractivity contribution in [3.63, 3.8) is 0 Å². The molecule has 156 valence electrons. The molecule has 1 saturated heterocycles. The first kappa shape index (κ1) is 20.4. The van der Waals surface area contributed by atoms with Crippen molar-refractivity contribution in [1.82, 2.24) is 4.90 Å². The van der Waals surface area contributed by atoms with Crippen LogP contribution >= 0.6 is 0 Å². The Kier molecular flexibility index (Phi) is 6.33.